The Morgan fingerprint density at radius 2 is 1.90 bits per heavy atom. The van der Waals surface area contributed by atoms with Gasteiger partial charge in [-0.05, 0) is 51.7 Å². The van der Waals surface area contributed by atoms with Crippen molar-refractivity contribution in [3.8, 4) is 0 Å². The molecule has 0 spiro atoms. The molecule has 4 heteroatoms. The predicted octanol–water partition coefficient (Wildman–Crippen LogP) is 2.69. The normalized spacial score (nSPS) is 26.3. The molecule has 2 unspecified atom stereocenters. The molecule has 0 radical (unpaired) electrons. The predicted molar refractivity (Wildman–Crippen MR) is 80.0 cm³/mol. The number of hydrogen-bond donors (Lipinski definition) is 0. The number of aromatic nitrogens is 1. The highest BCUT2D eigenvalue weighted by molar-refractivity contribution is 5.94. The lowest BCUT2D eigenvalue weighted by Gasteiger charge is -2.24. The van der Waals surface area contributed by atoms with Crippen molar-refractivity contribution < 1.29 is 4.79 Å². The van der Waals surface area contributed by atoms with Crippen LogP contribution in [0.25, 0.3) is 0 Å². The number of nitrogens with zero attached hydrogens (tertiary/aromatic N) is 3. The molecule has 20 heavy (non-hydrogen) atoms. The third-order valence-corrected chi connectivity index (χ3v) is 4.66. The zero-order valence-electron chi connectivity index (χ0n) is 12.4. The van der Waals surface area contributed by atoms with Gasteiger partial charge in [-0.3, -0.25) is 4.79 Å². The van der Waals surface area contributed by atoms with Gasteiger partial charge in [-0.25, -0.2) is 4.98 Å². The Kier molecular flexibility index (Phi) is 3.64. The Hall–Kier alpha value is -1.58. The van der Waals surface area contributed by atoms with Crippen LogP contribution in [0.15, 0.2) is 18.3 Å². The summed E-state index contributed by atoms with van der Waals surface area (Å²) in [6.07, 6.45) is 6.43. The molecule has 2 aliphatic rings. The minimum atomic E-state index is 0.128. The van der Waals surface area contributed by atoms with Gasteiger partial charge in [0.2, 0.25) is 0 Å². The van der Waals surface area contributed by atoms with E-state index in [-0.39, 0.29) is 5.91 Å². The quantitative estimate of drug-likeness (QED) is 0.831. The zero-order chi connectivity index (χ0) is 14.1. The molecule has 2 aliphatic heterocycles. The molecule has 0 bridgehead atoms. The molecule has 0 aromatic carbocycles. The summed E-state index contributed by atoms with van der Waals surface area (Å²) < 4.78 is 0. The van der Waals surface area contributed by atoms with Crippen LogP contribution in [0.5, 0.6) is 0 Å². The van der Waals surface area contributed by atoms with Crippen LogP contribution < -0.4 is 4.90 Å². The van der Waals surface area contributed by atoms with Crippen LogP contribution in [0.1, 0.15) is 49.9 Å². The maximum Gasteiger partial charge on any atom is 0.255 e. The van der Waals surface area contributed by atoms with Crippen molar-refractivity contribution in [2.24, 2.45) is 0 Å². The van der Waals surface area contributed by atoms with Crippen molar-refractivity contribution in [1.82, 2.24) is 9.88 Å². The smallest absolute Gasteiger partial charge is 0.255 e. The van der Waals surface area contributed by atoms with Crippen molar-refractivity contribution >= 4 is 11.7 Å². The van der Waals surface area contributed by atoms with Gasteiger partial charge in [0.25, 0.3) is 5.91 Å². The molecule has 4 nitrogen and oxygen atoms in total. The number of carbonyl (C=O) groups excluding carboxylic acids is 1. The third-order valence-electron chi connectivity index (χ3n) is 4.66. The van der Waals surface area contributed by atoms with Crippen molar-refractivity contribution in [2.75, 3.05) is 18.0 Å². The lowest BCUT2D eigenvalue weighted by atomic mass is 10.2. The number of pyridine rings is 1. The van der Waals surface area contributed by atoms with E-state index in [1.165, 1.54) is 12.8 Å². The molecule has 0 saturated carbocycles. The Morgan fingerprint density at radius 3 is 2.45 bits per heavy atom. The number of hydrogen-bond acceptors (Lipinski definition) is 3. The van der Waals surface area contributed by atoms with E-state index in [0.29, 0.717) is 17.6 Å². The van der Waals surface area contributed by atoms with Crippen molar-refractivity contribution in [3.05, 3.63) is 23.9 Å². The Labute approximate surface area is 120 Å². The molecular formula is C16H23N3O. The van der Waals surface area contributed by atoms with E-state index >= 15 is 0 Å². The molecule has 3 heterocycles. The summed E-state index contributed by atoms with van der Waals surface area (Å²) >= 11 is 0. The highest BCUT2D eigenvalue weighted by Gasteiger charge is 2.27. The number of likely N-dealkylation sites (tertiary alicyclic amines) is 1. The maximum absolute atomic E-state index is 12.4. The highest BCUT2D eigenvalue weighted by atomic mass is 16.2. The van der Waals surface area contributed by atoms with Crippen LogP contribution in [0, 0.1) is 0 Å². The average molecular weight is 273 g/mol. The highest BCUT2D eigenvalue weighted by Crippen LogP contribution is 2.24. The van der Waals surface area contributed by atoms with E-state index in [9.17, 15) is 4.79 Å². The molecule has 1 amide bonds. The van der Waals surface area contributed by atoms with Gasteiger partial charge in [-0.1, -0.05) is 0 Å². The molecular weight excluding hydrogens is 250 g/mol. The van der Waals surface area contributed by atoms with Crippen LogP contribution in [-0.2, 0) is 0 Å². The van der Waals surface area contributed by atoms with Crippen LogP contribution in [0.2, 0.25) is 0 Å². The molecule has 1 aromatic heterocycles. The molecule has 2 atom stereocenters. The van der Waals surface area contributed by atoms with E-state index in [0.717, 1.165) is 31.7 Å². The zero-order valence-corrected chi connectivity index (χ0v) is 12.4. The van der Waals surface area contributed by atoms with Crippen LogP contribution >= 0.6 is 0 Å². The van der Waals surface area contributed by atoms with Gasteiger partial charge in [0.05, 0.1) is 5.56 Å². The van der Waals surface area contributed by atoms with Gasteiger partial charge in [0, 0.05) is 31.4 Å². The van der Waals surface area contributed by atoms with Crippen LogP contribution in [0.4, 0.5) is 5.82 Å². The largest absolute Gasteiger partial charge is 0.354 e. The van der Waals surface area contributed by atoms with Crippen LogP contribution in [0.3, 0.4) is 0 Å². The fourth-order valence-corrected chi connectivity index (χ4v) is 3.36. The SMILES string of the molecule is CC1CCCN1C(=O)c1ccc(N2CCCC2C)nc1. The van der Waals surface area contributed by atoms with E-state index in [1.807, 2.05) is 17.0 Å². The van der Waals surface area contributed by atoms with Crippen molar-refractivity contribution in [1.29, 1.82) is 0 Å². The lowest BCUT2D eigenvalue weighted by Crippen LogP contribution is -2.33. The Morgan fingerprint density at radius 1 is 1.15 bits per heavy atom. The van der Waals surface area contributed by atoms with Crippen molar-refractivity contribution in [2.45, 2.75) is 51.6 Å². The summed E-state index contributed by atoms with van der Waals surface area (Å²) in [4.78, 5) is 21.2. The van der Waals surface area contributed by atoms with E-state index in [1.54, 1.807) is 6.20 Å². The second kappa shape index (κ2) is 5.43. The second-order valence-corrected chi connectivity index (χ2v) is 6.08. The van der Waals surface area contributed by atoms with Gasteiger partial charge in [0.1, 0.15) is 5.82 Å². The first kappa shape index (κ1) is 13.4. The first-order chi connectivity index (χ1) is 9.66. The van der Waals surface area contributed by atoms with Gasteiger partial charge in [-0.15, -0.1) is 0 Å². The molecule has 108 valence electrons. The Bertz CT molecular complexity index is 485. The molecule has 2 fully saturated rings. The summed E-state index contributed by atoms with van der Waals surface area (Å²) in [7, 11) is 0. The van der Waals surface area contributed by atoms with E-state index < -0.39 is 0 Å². The van der Waals surface area contributed by atoms with Gasteiger partial charge >= 0.3 is 0 Å². The van der Waals surface area contributed by atoms with E-state index in [2.05, 4.69) is 23.7 Å². The molecule has 0 N–H and O–H groups in total. The summed E-state index contributed by atoms with van der Waals surface area (Å²) in [5, 5.41) is 0. The summed E-state index contributed by atoms with van der Waals surface area (Å²) in [6, 6.07) is 4.85. The molecule has 0 aliphatic carbocycles. The number of anilines is 1. The molecule has 1 aromatic rings. The number of carbonyl (C=O) groups is 1. The van der Waals surface area contributed by atoms with Gasteiger partial charge < -0.3 is 9.80 Å². The fourth-order valence-electron chi connectivity index (χ4n) is 3.36. The third kappa shape index (κ3) is 2.39. The summed E-state index contributed by atoms with van der Waals surface area (Å²) in [5.74, 6) is 1.13. The minimum absolute atomic E-state index is 0.128. The monoisotopic (exact) mass is 273 g/mol. The summed E-state index contributed by atoms with van der Waals surface area (Å²) in [5.41, 5.74) is 0.717. The lowest BCUT2D eigenvalue weighted by molar-refractivity contribution is 0.0747. The van der Waals surface area contributed by atoms with Crippen molar-refractivity contribution in [3.63, 3.8) is 0 Å². The Balaban J connectivity index is 1.74. The molecule has 3 rings (SSSR count). The second-order valence-electron chi connectivity index (χ2n) is 6.08. The first-order valence-corrected chi connectivity index (χ1v) is 7.70. The number of amides is 1. The summed E-state index contributed by atoms with van der Waals surface area (Å²) in [6.45, 7) is 6.31. The molecule has 2 saturated heterocycles. The maximum atomic E-state index is 12.4. The van der Waals surface area contributed by atoms with Gasteiger partial charge in [0.15, 0.2) is 0 Å². The first-order valence-electron chi connectivity index (χ1n) is 7.70. The topological polar surface area (TPSA) is 36.4 Å². The van der Waals surface area contributed by atoms with Crippen LogP contribution in [-0.4, -0.2) is 41.0 Å². The number of rotatable bonds is 2. The van der Waals surface area contributed by atoms with E-state index in [4.69, 9.17) is 0 Å². The average Bonchev–Trinajstić information content (AvgIpc) is 3.07. The van der Waals surface area contributed by atoms with Gasteiger partial charge in [-0.2, -0.15) is 0 Å². The fraction of sp³-hybridized carbons (Fsp3) is 0.625. The standard InChI is InChI=1S/C16H23N3O/c1-12-5-3-9-18(12)15-8-7-14(11-17-15)16(20)19-10-4-6-13(19)2/h7-8,11-13H,3-6,9-10H2,1-2H3. The minimum Gasteiger partial charge on any atom is -0.354 e.